The Labute approximate surface area is 81.4 Å². The van der Waals surface area contributed by atoms with Crippen LogP contribution in [0.5, 0.6) is 0 Å². The molecule has 0 aliphatic carbocycles. The van der Waals surface area contributed by atoms with E-state index in [4.69, 9.17) is 0 Å². The molecular formula is C9H13NO2S. The topological polar surface area (TPSA) is 49.3 Å². The standard InChI is InChI=1S/C9H13NO2S/c1-7(11)10-6-9(2,12)8-3-4-13-5-8/h3-5,12H,6H2,1-2H3,(H,10,11). The highest BCUT2D eigenvalue weighted by Crippen LogP contribution is 2.21. The minimum atomic E-state index is -0.967. The third-order valence-corrected chi connectivity index (χ3v) is 2.51. The summed E-state index contributed by atoms with van der Waals surface area (Å²) < 4.78 is 0. The lowest BCUT2D eigenvalue weighted by Crippen LogP contribution is -2.37. The van der Waals surface area contributed by atoms with Crippen molar-refractivity contribution in [2.24, 2.45) is 0 Å². The Hall–Kier alpha value is -0.870. The highest BCUT2D eigenvalue weighted by Gasteiger charge is 2.23. The molecule has 0 bridgehead atoms. The van der Waals surface area contributed by atoms with Crippen molar-refractivity contribution in [1.29, 1.82) is 0 Å². The van der Waals surface area contributed by atoms with Crippen LogP contribution < -0.4 is 5.32 Å². The average molecular weight is 199 g/mol. The normalized spacial score (nSPS) is 15.0. The Morgan fingerprint density at radius 1 is 1.77 bits per heavy atom. The summed E-state index contributed by atoms with van der Waals surface area (Å²) in [5.74, 6) is -0.129. The van der Waals surface area contributed by atoms with Crippen LogP contribution in [0.25, 0.3) is 0 Å². The van der Waals surface area contributed by atoms with Gasteiger partial charge >= 0.3 is 0 Å². The molecule has 1 amide bonds. The highest BCUT2D eigenvalue weighted by molar-refractivity contribution is 7.08. The predicted octanol–water partition coefficient (Wildman–Crippen LogP) is 1.09. The van der Waals surface area contributed by atoms with Gasteiger partial charge in [-0.25, -0.2) is 0 Å². The summed E-state index contributed by atoms with van der Waals surface area (Å²) in [6, 6.07) is 1.85. The van der Waals surface area contributed by atoms with Crippen LogP contribution in [0.2, 0.25) is 0 Å². The molecule has 0 aliphatic heterocycles. The summed E-state index contributed by atoms with van der Waals surface area (Å²) in [5.41, 5.74) is -0.127. The Balaban J connectivity index is 2.61. The van der Waals surface area contributed by atoms with Gasteiger partial charge in [0.1, 0.15) is 5.60 Å². The molecule has 0 spiro atoms. The van der Waals surface area contributed by atoms with Crippen molar-refractivity contribution in [2.75, 3.05) is 6.54 Å². The Morgan fingerprint density at radius 3 is 2.92 bits per heavy atom. The van der Waals surface area contributed by atoms with E-state index in [1.165, 1.54) is 18.3 Å². The van der Waals surface area contributed by atoms with Gasteiger partial charge in [0, 0.05) is 6.92 Å². The highest BCUT2D eigenvalue weighted by atomic mass is 32.1. The molecule has 13 heavy (non-hydrogen) atoms. The van der Waals surface area contributed by atoms with Gasteiger partial charge in [-0.05, 0) is 29.3 Å². The quantitative estimate of drug-likeness (QED) is 0.765. The van der Waals surface area contributed by atoms with E-state index in [1.807, 2.05) is 16.8 Å². The zero-order chi connectivity index (χ0) is 9.90. The summed E-state index contributed by atoms with van der Waals surface area (Å²) in [5, 5.41) is 16.3. The van der Waals surface area contributed by atoms with Crippen LogP contribution in [0, 0.1) is 0 Å². The van der Waals surface area contributed by atoms with Gasteiger partial charge in [0.15, 0.2) is 0 Å². The first-order valence-corrected chi connectivity index (χ1v) is 4.96. The van der Waals surface area contributed by atoms with Gasteiger partial charge in [-0.2, -0.15) is 11.3 Å². The zero-order valence-electron chi connectivity index (χ0n) is 7.70. The SMILES string of the molecule is CC(=O)NCC(C)(O)c1ccsc1. The second kappa shape index (κ2) is 3.89. The first kappa shape index (κ1) is 10.2. The van der Waals surface area contributed by atoms with E-state index in [9.17, 15) is 9.90 Å². The monoisotopic (exact) mass is 199 g/mol. The van der Waals surface area contributed by atoms with Gasteiger partial charge in [0.25, 0.3) is 0 Å². The molecule has 3 nitrogen and oxygen atoms in total. The smallest absolute Gasteiger partial charge is 0.216 e. The number of carbonyl (C=O) groups is 1. The number of hydrogen-bond acceptors (Lipinski definition) is 3. The lowest BCUT2D eigenvalue weighted by Gasteiger charge is -2.22. The second-order valence-corrected chi connectivity index (χ2v) is 3.98. The van der Waals surface area contributed by atoms with Crippen molar-refractivity contribution >= 4 is 17.2 Å². The number of aliphatic hydroxyl groups is 1. The van der Waals surface area contributed by atoms with Gasteiger partial charge in [-0.15, -0.1) is 0 Å². The first-order valence-electron chi connectivity index (χ1n) is 4.02. The molecule has 4 heteroatoms. The van der Waals surface area contributed by atoms with Crippen molar-refractivity contribution in [3.8, 4) is 0 Å². The number of hydrogen-bond donors (Lipinski definition) is 2. The minimum Gasteiger partial charge on any atom is -0.384 e. The molecule has 1 aromatic rings. The molecule has 72 valence electrons. The molecule has 2 N–H and O–H groups in total. The van der Waals surface area contributed by atoms with Gasteiger partial charge in [0.2, 0.25) is 5.91 Å². The van der Waals surface area contributed by atoms with Crippen molar-refractivity contribution in [1.82, 2.24) is 5.32 Å². The largest absolute Gasteiger partial charge is 0.384 e. The van der Waals surface area contributed by atoms with Crippen LogP contribution in [-0.4, -0.2) is 17.6 Å². The van der Waals surface area contributed by atoms with E-state index in [0.29, 0.717) is 0 Å². The molecule has 0 aliphatic rings. The fraction of sp³-hybridized carbons (Fsp3) is 0.444. The van der Waals surface area contributed by atoms with Gasteiger partial charge in [-0.1, -0.05) is 0 Å². The molecule has 0 fully saturated rings. The van der Waals surface area contributed by atoms with Crippen molar-refractivity contribution in [3.63, 3.8) is 0 Å². The van der Waals surface area contributed by atoms with Crippen LogP contribution in [0.15, 0.2) is 16.8 Å². The van der Waals surface area contributed by atoms with Crippen LogP contribution in [0.3, 0.4) is 0 Å². The average Bonchev–Trinajstić information content (AvgIpc) is 2.53. The lowest BCUT2D eigenvalue weighted by atomic mass is 9.99. The molecule has 0 radical (unpaired) electrons. The fourth-order valence-corrected chi connectivity index (χ4v) is 1.75. The molecule has 0 aromatic carbocycles. The van der Waals surface area contributed by atoms with E-state index in [1.54, 1.807) is 6.92 Å². The summed E-state index contributed by atoms with van der Waals surface area (Å²) >= 11 is 1.53. The molecular weight excluding hydrogens is 186 g/mol. The maximum atomic E-state index is 10.6. The Kier molecular flexibility index (Phi) is 3.06. The van der Waals surface area contributed by atoms with Crippen molar-refractivity contribution < 1.29 is 9.90 Å². The molecule has 1 rings (SSSR count). The summed E-state index contributed by atoms with van der Waals surface area (Å²) in [4.78, 5) is 10.6. The van der Waals surface area contributed by atoms with Crippen LogP contribution in [0.1, 0.15) is 19.4 Å². The third kappa shape index (κ3) is 2.82. The maximum Gasteiger partial charge on any atom is 0.216 e. The van der Waals surface area contributed by atoms with E-state index in [2.05, 4.69) is 5.32 Å². The molecule has 0 saturated carbocycles. The van der Waals surface area contributed by atoms with Crippen LogP contribution >= 0.6 is 11.3 Å². The summed E-state index contributed by atoms with van der Waals surface area (Å²) in [6.07, 6.45) is 0. The number of rotatable bonds is 3. The zero-order valence-corrected chi connectivity index (χ0v) is 8.52. The van der Waals surface area contributed by atoms with Crippen LogP contribution in [0.4, 0.5) is 0 Å². The Bertz CT molecular complexity index is 280. The number of amides is 1. The van der Waals surface area contributed by atoms with Crippen LogP contribution in [-0.2, 0) is 10.4 Å². The van der Waals surface area contributed by atoms with Crippen molar-refractivity contribution in [2.45, 2.75) is 19.4 Å². The summed E-state index contributed by atoms with van der Waals surface area (Å²) in [7, 11) is 0. The van der Waals surface area contributed by atoms with E-state index >= 15 is 0 Å². The molecule has 1 aromatic heterocycles. The number of carbonyl (C=O) groups excluding carboxylic acids is 1. The minimum absolute atomic E-state index is 0.129. The third-order valence-electron chi connectivity index (χ3n) is 1.82. The van der Waals surface area contributed by atoms with Gasteiger partial charge in [-0.3, -0.25) is 4.79 Å². The number of thiophene rings is 1. The fourth-order valence-electron chi connectivity index (χ4n) is 0.970. The van der Waals surface area contributed by atoms with E-state index < -0.39 is 5.60 Å². The summed E-state index contributed by atoms with van der Waals surface area (Å²) in [6.45, 7) is 3.37. The lowest BCUT2D eigenvalue weighted by molar-refractivity contribution is -0.120. The molecule has 1 unspecified atom stereocenters. The molecule has 0 saturated heterocycles. The molecule has 1 atom stereocenters. The van der Waals surface area contributed by atoms with Gasteiger partial charge in [0.05, 0.1) is 6.54 Å². The molecule has 1 heterocycles. The van der Waals surface area contributed by atoms with E-state index in [-0.39, 0.29) is 12.5 Å². The van der Waals surface area contributed by atoms with Crippen molar-refractivity contribution in [3.05, 3.63) is 22.4 Å². The number of nitrogens with one attached hydrogen (secondary N) is 1. The van der Waals surface area contributed by atoms with E-state index in [0.717, 1.165) is 5.56 Å². The predicted molar refractivity (Wildman–Crippen MR) is 52.6 cm³/mol. The Morgan fingerprint density at radius 2 is 2.46 bits per heavy atom. The first-order chi connectivity index (χ1) is 6.02. The second-order valence-electron chi connectivity index (χ2n) is 3.20. The maximum absolute atomic E-state index is 10.6. The van der Waals surface area contributed by atoms with Gasteiger partial charge < -0.3 is 10.4 Å².